The first-order chi connectivity index (χ1) is 26.7. The number of rotatable bonds is 4. The summed E-state index contributed by atoms with van der Waals surface area (Å²) in [5.74, 6) is 0. The van der Waals surface area contributed by atoms with Crippen molar-refractivity contribution in [1.29, 1.82) is 0 Å². The molecule has 12 aromatic carbocycles. The molecule has 0 heteroatoms. The molecule has 0 heterocycles. The molecule has 250 valence electrons. The summed E-state index contributed by atoms with van der Waals surface area (Å²) in [5.41, 5.74) is 8.94. The fourth-order valence-corrected chi connectivity index (χ4v) is 9.82. The zero-order valence-corrected chi connectivity index (χ0v) is 30.0. The quantitative estimate of drug-likeness (QED) is 0.128. The Morgan fingerprint density at radius 3 is 1.52 bits per heavy atom. The monoisotopic (exact) mass is 682 g/mol. The number of fused-ring (bicyclic) bond motifs is 7. The predicted octanol–water partition coefficient (Wildman–Crippen LogP) is 15.4. The van der Waals surface area contributed by atoms with Gasteiger partial charge in [-0.15, -0.1) is 0 Å². The van der Waals surface area contributed by atoms with Crippen LogP contribution in [0.1, 0.15) is 12.5 Å². The Kier molecular flexibility index (Phi) is 6.13. The van der Waals surface area contributed by atoms with Crippen LogP contribution < -0.4 is 0 Å². The number of aryl methyl sites for hydroxylation is 1. The highest BCUT2D eigenvalue weighted by atomic mass is 14.3. The van der Waals surface area contributed by atoms with Gasteiger partial charge >= 0.3 is 0 Å². The lowest BCUT2D eigenvalue weighted by atomic mass is 9.79. The maximum absolute atomic E-state index is 2.44. The van der Waals surface area contributed by atoms with Crippen LogP contribution in [0.2, 0.25) is 0 Å². The third-order valence-electron chi connectivity index (χ3n) is 12.3. The Hall–Kier alpha value is -6.76. The topological polar surface area (TPSA) is 0 Å². The normalized spacial score (nSPS) is 12.2. The maximum atomic E-state index is 2.44. The highest BCUT2D eigenvalue weighted by Crippen LogP contribution is 2.52. The molecule has 0 amide bonds. The Balaban J connectivity index is 1.24. The minimum atomic E-state index is 1.05. The molecule has 0 fully saturated rings. The van der Waals surface area contributed by atoms with E-state index in [1.165, 1.54) is 125 Å². The molecule has 54 heavy (non-hydrogen) atoms. The van der Waals surface area contributed by atoms with Crippen LogP contribution >= 0.6 is 0 Å². The third kappa shape index (κ3) is 4.03. The molecule has 0 spiro atoms. The van der Waals surface area contributed by atoms with E-state index < -0.39 is 0 Å². The number of hydrogen-bond donors (Lipinski definition) is 0. The molecule has 0 aromatic heterocycles. The van der Waals surface area contributed by atoms with Crippen molar-refractivity contribution in [2.45, 2.75) is 13.3 Å². The van der Waals surface area contributed by atoms with Gasteiger partial charge in [0.1, 0.15) is 0 Å². The first-order valence-electron chi connectivity index (χ1n) is 19.2. The van der Waals surface area contributed by atoms with Gasteiger partial charge in [-0.3, -0.25) is 0 Å². The van der Waals surface area contributed by atoms with Gasteiger partial charge in [0.2, 0.25) is 0 Å². The van der Waals surface area contributed by atoms with E-state index in [2.05, 4.69) is 183 Å². The van der Waals surface area contributed by atoms with E-state index in [0.717, 1.165) is 6.42 Å². The summed E-state index contributed by atoms with van der Waals surface area (Å²) in [6.45, 7) is 2.21. The summed E-state index contributed by atoms with van der Waals surface area (Å²) in [6, 6.07) is 66.4. The molecule has 0 aliphatic carbocycles. The van der Waals surface area contributed by atoms with Gasteiger partial charge in [-0.25, -0.2) is 0 Å². The Morgan fingerprint density at radius 2 is 0.796 bits per heavy atom. The van der Waals surface area contributed by atoms with Gasteiger partial charge in [0.25, 0.3) is 0 Å². The van der Waals surface area contributed by atoms with Crippen LogP contribution in [-0.2, 0) is 6.42 Å². The standard InChI is InChI=1S/C54H34/c1-2-32-17-19-33(20-18-32)36-21-23-39-38(29-36)30-37-22-24-46-50-43(26-25-42(39)49(37)50)44-27-28-45-47(34-11-5-3-6-12-34)31-48(35-13-7-4-8-14-35)52-41-16-10-9-15-40(41)51(46)53(44)54(45)52/h3-31H,2H2,1H3. The van der Waals surface area contributed by atoms with Gasteiger partial charge in [0.15, 0.2) is 0 Å². The van der Waals surface area contributed by atoms with Gasteiger partial charge in [-0.2, -0.15) is 0 Å². The summed E-state index contributed by atoms with van der Waals surface area (Å²) in [5, 5.41) is 21.3. The van der Waals surface area contributed by atoms with Crippen molar-refractivity contribution in [3.05, 3.63) is 181 Å². The van der Waals surface area contributed by atoms with E-state index in [1.54, 1.807) is 0 Å². The van der Waals surface area contributed by atoms with E-state index in [9.17, 15) is 0 Å². The van der Waals surface area contributed by atoms with Gasteiger partial charge in [0.05, 0.1) is 0 Å². The fourth-order valence-electron chi connectivity index (χ4n) is 9.82. The maximum Gasteiger partial charge on any atom is -0.000740 e. The van der Waals surface area contributed by atoms with Gasteiger partial charge in [-0.1, -0.05) is 165 Å². The molecular formula is C54H34. The Labute approximate surface area is 313 Å². The number of benzene rings is 12. The molecule has 0 atom stereocenters. The fraction of sp³-hybridized carbons (Fsp3) is 0.0370. The average Bonchev–Trinajstić information content (AvgIpc) is 3.25. The highest BCUT2D eigenvalue weighted by Gasteiger charge is 2.24. The summed E-state index contributed by atoms with van der Waals surface area (Å²) in [4.78, 5) is 0. The molecule has 12 rings (SSSR count). The molecule has 0 bridgehead atoms. The predicted molar refractivity (Wildman–Crippen MR) is 235 cm³/mol. The second kappa shape index (κ2) is 11.1. The lowest BCUT2D eigenvalue weighted by Crippen LogP contribution is -1.95. The second-order valence-corrected chi connectivity index (χ2v) is 15.0. The van der Waals surface area contributed by atoms with Crippen LogP contribution in [0.15, 0.2) is 176 Å². The molecule has 0 saturated carbocycles. The average molecular weight is 683 g/mol. The van der Waals surface area contributed by atoms with E-state index in [4.69, 9.17) is 0 Å². The Bertz CT molecular complexity index is 3430. The van der Waals surface area contributed by atoms with Gasteiger partial charge in [-0.05, 0) is 150 Å². The SMILES string of the molecule is CCc1ccc(-c2ccc3c(c2)cc2ccc4c5c(ccc3c25)c2ccc3c(-c5ccccc5)cc(-c5ccccc5)c5c6ccccc6c4c2c35)cc1. The number of hydrogen-bond acceptors (Lipinski definition) is 0. The van der Waals surface area contributed by atoms with Crippen LogP contribution in [0.25, 0.3) is 120 Å². The van der Waals surface area contributed by atoms with E-state index >= 15 is 0 Å². The van der Waals surface area contributed by atoms with Crippen molar-refractivity contribution in [3.8, 4) is 33.4 Å². The summed E-state index contributed by atoms with van der Waals surface area (Å²) >= 11 is 0. The first-order valence-corrected chi connectivity index (χ1v) is 19.2. The van der Waals surface area contributed by atoms with E-state index in [-0.39, 0.29) is 0 Å². The van der Waals surface area contributed by atoms with Crippen LogP contribution in [0.5, 0.6) is 0 Å². The first kappa shape index (κ1) is 29.8. The van der Waals surface area contributed by atoms with Crippen LogP contribution in [0, 0.1) is 0 Å². The van der Waals surface area contributed by atoms with Crippen molar-refractivity contribution in [3.63, 3.8) is 0 Å². The van der Waals surface area contributed by atoms with E-state index in [1.807, 2.05) is 0 Å². The second-order valence-electron chi connectivity index (χ2n) is 15.0. The summed E-state index contributed by atoms with van der Waals surface area (Å²) < 4.78 is 0. The van der Waals surface area contributed by atoms with Crippen LogP contribution in [0.3, 0.4) is 0 Å². The lowest BCUT2D eigenvalue weighted by Gasteiger charge is -2.23. The molecule has 0 nitrogen and oxygen atoms in total. The van der Waals surface area contributed by atoms with Crippen molar-refractivity contribution >= 4 is 86.2 Å². The zero-order chi connectivity index (χ0) is 35.5. The molecule has 0 aliphatic rings. The lowest BCUT2D eigenvalue weighted by molar-refractivity contribution is 1.14. The molecule has 0 N–H and O–H groups in total. The molecule has 0 aliphatic heterocycles. The summed E-state index contributed by atoms with van der Waals surface area (Å²) in [7, 11) is 0. The summed E-state index contributed by atoms with van der Waals surface area (Å²) in [6.07, 6.45) is 1.05. The van der Waals surface area contributed by atoms with Crippen molar-refractivity contribution in [2.24, 2.45) is 0 Å². The van der Waals surface area contributed by atoms with Crippen LogP contribution in [0.4, 0.5) is 0 Å². The smallest absolute Gasteiger partial charge is 0.000740 e. The Morgan fingerprint density at radius 1 is 0.278 bits per heavy atom. The molecule has 0 unspecified atom stereocenters. The van der Waals surface area contributed by atoms with Crippen molar-refractivity contribution < 1.29 is 0 Å². The molecule has 0 radical (unpaired) electrons. The van der Waals surface area contributed by atoms with Crippen LogP contribution in [-0.4, -0.2) is 0 Å². The van der Waals surface area contributed by atoms with Gasteiger partial charge < -0.3 is 0 Å². The molecule has 12 aromatic rings. The minimum absolute atomic E-state index is 1.05. The third-order valence-corrected chi connectivity index (χ3v) is 12.3. The largest absolute Gasteiger partial charge is 0.0622 e. The zero-order valence-electron chi connectivity index (χ0n) is 30.0. The highest BCUT2D eigenvalue weighted by molar-refractivity contribution is 6.47. The minimum Gasteiger partial charge on any atom is -0.0622 e. The van der Waals surface area contributed by atoms with Crippen molar-refractivity contribution in [1.82, 2.24) is 0 Å². The molecular weight excluding hydrogens is 649 g/mol. The van der Waals surface area contributed by atoms with Crippen molar-refractivity contribution in [2.75, 3.05) is 0 Å². The molecule has 0 saturated heterocycles. The van der Waals surface area contributed by atoms with E-state index in [0.29, 0.717) is 0 Å². The van der Waals surface area contributed by atoms with Gasteiger partial charge in [0, 0.05) is 0 Å².